The molecule has 1 aliphatic rings. The number of nitrogens with zero attached hydrogens (tertiary/aromatic N) is 3. The maximum Gasteiger partial charge on any atom is 0.226 e. The Labute approximate surface area is 101 Å². The molecule has 2 rings (SSSR count). The Bertz CT molecular complexity index is 369. The maximum atomic E-state index is 5.64. The van der Waals surface area contributed by atoms with Gasteiger partial charge in [0.25, 0.3) is 0 Å². The van der Waals surface area contributed by atoms with Crippen molar-refractivity contribution in [3.8, 4) is 0 Å². The summed E-state index contributed by atoms with van der Waals surface area (Å²) >= 11 is 1.99. The second-order valence-corrected chi connectivity index (χ2v) is 5.27. The Morgan fingerprint density at radius 1 is 1.56 bits per heavy atom. The number of anilines is 1. The largest absolute Gasteiger partial charge is 0.336 e. The first kappa shape index (κ1) is 11.7. The third kappa shape index (κ3) is 2.47. The summed E-state index contributed by atoms with van der Waals surface area (Å²) in [6.07, 6.45) is 0. The van der Waals surface area contributed by atoms with Gasteiger partial charge in [-0.15, -0.1) is 0 Å². The van der Waals surface area contributed by atoms with E-state index in [1.807, 2.05) is 24.8 Å². The smallest absolute Gasteiger partial charge is 0.226 e. The molecule has 1 aromatic rings. The molecule has 0 amide bonds. The quantitative estimate of drug-likeness (QED) is 0.838. The van der Waals surface area contributed by atoms with Gasteiger partial charge in [0.1, 0.15) is 0 Å². The van der Waals surface area contributed by atoms with Gasteiger partial charge in [-0.1, -0.05) is 0 Å². The molecule has 1 saturated heterocycles. The van der Waals surface area contributed by atoms with Crippen LogP contribution in [0.25, 0.3) is 0 Å². The third-order valence-corrected chi connectivity index (χ3v) is 3.92. The van der Waals surface area contributed by atoms with E-state index in [2.05, 4.69) is 21.8 Å². The zero-order valence-corrected chi connectivity index (χ0v) is 10.6. The summed E-state index contributed by atoms with van der Waals surface area (Å²) in [7, 11) is 0. The van der Waals surface area contributed by atoms with Gasteiger partial charge in [-0.2, -0.15) is 11.8 Å². The topological polar surface area (TPSA) is 55.0 Å². The summed E-state index contributed by atoms with van der Waals surface area (Å²) in [6, 6.07) is 2.46. The first-order valence-electron chi connectivity index (χ1n) is 5.59. The van der Waals surface area contributed by atoms with Crippen LogP contribution in [-0.2, 0) is 6.54 Å². The lowest BCUT2D eigenvalue weighted by Gasteiger charge is -2.33. The second-order valence-electron chi connectivity index (χ2n) is 4.12. The molecule has 88 valence electrons. The number of hydrogen-bond acceptors (Lipinski definition) is 5. The molecule has 1 atom stereocenters. The molecule has 4 nitrogen and oxygen atoms in total. The minimum atomic E-state index is 0.479. The SMILES string of the molecule is Cc1cc(CN)nc(N2CCSCC2C)n1. The highest BCUT2D eigenvalue weighted by Gasteiger charge is 2.21. The fraction of sp³-hybridized carbons (Fsp3) is 0.636. The van der Waals surface area contributed by atoms with Gasteiger partial charge in [0.15, 0.2) is 0 Å². The number of aromatic nitrogens is 2. The summed E-state index contributed by atoms with van der Waals surface area (Å²) < 4.78 is 0. The Morgan fingerprint density at radius 2 is 2.38 bits per heavy atom. The average molecular weight is 238 g/mol. The lowest BCUT2D eigenvalue weighted by Crippen LogP contribution is -2.41. The van der Waals surface area contributed by atoms with Crippen LogP contribution in [0.1, 0.15) is 18.3 Å². The summed E-state index contributed by atoms with van der Waals surface area (Å²) in [6.45, 7) is 5.72. The van der Waals surface area contributed by atoms with Crippen molar-refractivity contribution in [3.63, 3.8) is 0 Å². The van der Waals surface area contributed by atoms with E-state index in [1.165, 1.54) is 0 Å². The standard InChI is InChI=1S/C11H18N4S/c1-8-5-10(6-12)14-11(13-8)15-3-4-16-7-9(15)2/h5,9H,3-4,6-7,12H2,1-2H3. The van der Waals surface area contributed by atoms with Crippen LogP contribution in [0.3, 0.4) is 0 Å². The highest BCUT2D eigenvalue weighted by atomic mass is 32.2. The van der Waals surface area contributed by atoms with E-state index in [0.29, 0.717) is 12.6 Å². The Kier molecular flexibility index (Phi) is 3.66. The van der Waals surface area contributed by atoms with Crippen LogP contribution in [0.15, 0.2) is 6.07 Å². The van der Waals surface area contributed by atoms with Gasteiger partial charge in [0.2, 0.25) is 5.95 Å². The molecule has 0 aromatic carbocycles. The number of hydrogen-bond donors (Lipinski definition) is 1. The maximum absolute atomic E-state index is 5.64. The summed E-state index contributed by atoms with van der Waals surface area (Å²) in [5, 5.41) is 0. The zero-order chi connectivity index (χ0) is 11.5. The number of thioether (sulfide) groups is 1. The van der Waals surface area contributed by atoms with E-state index >= 15 is 0 Å². The van der Waals surface area contributed by atoms with Crippen molar-refractivity contribution in [1.82, 2.24) is 9.97 Å². The lowest BCUT2D eigenvalue weighted by molar-refractivity contribution is 0.672. The van der Waals surface area contributed by atoms with Gasteiger partial charge in [-0.05, 0) is 19.9 Å². The highest BCUT2D eigenvalue weighted by Crippen LogP contribution is 2.21. The second kappa shape index (κ2) is 5.01. The number of nitrogens with two attached hydrogens (primary N) is 1. The molecule has 0 aliphatic carbocycles. The van der Waals surface area contributed by atoms with E-state index in [4.69, 9.17) is 5.73 Å². The van der Waals surface area contributed by atoms with Crippen molar-refractivity contribution in [2.24, 2.45) is 5.73 Å². The van der Waals surface area contributed by atoms with Gasteiger partial charge < -0.3 is 10.6 Å². The fourth-order valence-electron chi connectivity index (χ4n) is 1.87. The van der Waals surface area contributed by atoms with Crippen molar-refractivity contribution in [1.29, 1.82) is 0 Å². The lowest BCUT2D eigenvalue weighted by atomic mass is 10.3. The monoisotopic (exact) mass is 238 g/mol. The summed E-state index contributed by atoms with van der Waals surface area (Å²) in [4.78, 5) is 11.3. The number of aryl methyl sites for hydroxylation is 1. The van der Waals surface area contributed by atoms with E-state index in [0.717, 1.165) is 35.4 Å². The molecule has 1 aromatic heterocycles. The predicted molar refractivity (Wildman–Crippen MR) is 68.8 cm³/mol. The zero-order valence-electron chi connectivity index (χ0n) is 9.81. The van der Waals surface area contributed by atoms with Crippen LogP contribution >= 0.6 is 11.8 Å². The molecule has 1 unspecified atom stereocenters. The molecule has 1 fully saturated rings. The normalized spacial score (nSPS) is 21.2. The predicted octanol–water partition coefficient (Wildman–Crippen LogP) is 1.19. The molecule has 1 aliphatic heterocycles. The molecule has 5 heteroatoms. The fourth-order valence-corrected chi connectivity index (χ4v) is 2.89. The van der Waals surface area contributed by atoms with Crippen LogP contribution < -0.4 is 10.6 Å². The van der Waals surface area contributed by atoms with Crippen LogP contribution in [0.4, 0.5) is 5.95 Å². The molecule has 2 heterocycles. The molecule has 2 N–H and O–H groups in total. The van der Waals surface area contributed by atoms with Gasteiger partial charge >= 0.3 is 0 Å². The van der Waals surface area contributed by atoms with Crippen molar-refractivity contribution in [2.45, 2.75) is 26.4 Å². The van der Waals surface area contributed by atoms with Gasteiger partial charge in [-0.3, -0.25) is 0 Å². The molecule has 0 spiro atoms. The van der Waals surface area contributed by atoms with Gasteiger partial charge in [0, 0.05) is 36.3 Å². The van der Waals surface area contributed by atoms with Crippen LogP contribution in [0.2, 0.25) is 0 Å². The molecule has 0 bridgehead atoms. The van der Waals surface area contributed by atoms with E-state index in [-0.39, 0.29) is 0 Å². The summed E-state index contributed by atoms with van der Waals surface area (Å²) in [5.41, 5.74) is 7.56. The molecule has 0 saturated carbocycles. The third-order valence-electron chi connectivity index (χ3n) is 2.73. The summed E-state index contributed by atoms with van der Waals surface area (Å²) in [5.74, 6) is 3.14. The Morgan fingerprint density at radius 3 is 3.06 bits per heavy atom. The van der Waals surface area contributed by atoms with Crippen molar-refractivity contribution in [3.05, 3.63) is 17.5 Å². The average Bonchev–Trinajstić information content (AvgIpc) is 2.28. The van der Waals surface area contributed by atoms with E-state index in [9.17, 15) is 0 Å². The highest BCUT2D eigenvalue weighted by molar-refractivity contribution is 7.99. The molecular formula is C11H18N4S. The molecular weight excluding hydrogens is 220 g/mol. The van der Waals surface area contributed by atoms with Gasteiger partial charge in [0.05, 0.1) is 5.69 Å². The van der Waals surface area contributed by atoms with Crippen molar-refractivity contribution < 1.29 is 0 Å². The van der Waals surface area contributed by atoms with Crippen LogP contribution in [0, 0.1) is 6.92 Å². The Hall–Kier alpha value is -0.810. The number of rotatable bonds is 2. The van der Waals surface area contributed by atoms with E-state index in [1.54, 1.807) is 0 Å². The minimum Gasteiger partial charge on any atom is -0.336 e. The first-order chi connectivity index (χ1) is 7.70. The van der Waals surface area contributed by atoms with Crippen molar-refractivity contribution in [2.75, 3.05) is 23.0 Å². The Balaban J connectivity index is 2.27. The first-order valence-corrected chi connectivity index (χ1v) is 6.75. The minimum absolute atomic E-state index is 0.479. The van der Waals surface area contributed by atoms with Gasteiger partial charge in [-0.25, -0.2) is 9.97 Å². The van der Waals surface area contributed by atoms with Crippen LogP contribution in [0.5, 0.6) is 0 Å². The molecule has 16 heavy (non-hydrogen) atoms. The molecule has 0 radical (unpaired) electrons. The van der Waals surface area contributed by atoms with Crippen molar-refractivity contribution >= 4 is 17.7 Å². The van der Waals surface area contributed by atoms with E-state index < -0.39 is 0 Å². The van der Waals surface area contributed by atoms with Crippen LogP contribution in [-0.4, -0.2) is 34.1 Å².